The molecule has 0 spiro atoms. The fourth-order valence-electron chi connectivity index (χ4n) is 5.45. The predicted molar refractivity (Wildman–Crippen MR) is 130 cm³/mol. The molecule has 1 aliphatic carbocycles. The molecule has 3 heterocycles. The van der Waals surface area contributed by atoms with Crippen molar-refractivity contribution >= 4 is 0 Å². The average Bonchev–Trinajstić information content (AvgIpc) is 3.41. The van der Waals surface area contributed by atoms with Crippen molar-refractivity contribution in [3.8, 4) is 23.8 Å². The number of hydrogen-bond acceptors (Lipinski definition) is 8. The molecule has 1 fully saturated rings. The van der Waals surface area contributed by atoms with E-state index in [4.69, 9.17) is 14.9 Å². The Hall–Kier alpha value is -4.08. The Bertz CT molecular complexity index is 1460. The van der Waals surface area contributed by atoms with Crippen molar-refractivity contribution in [2.24, 2.45) is 17.6 Å². The number of aliphatic hydroxyl groups excluding tert-OH is 1. The van der Waals surface area contributed by atoms with Crippen molar-refractivity contribution in [2.75, 3.05) is 0 Å². The minimum absolute atomic E-state index is 0.0427. The van der Waals surface area contributed by atoms with Crippen LogP contribution in [0.1, 0.15) is 72.3 Å². The van der Waals surface area contributed by atoms with E-state index in [0.29, 0.717) is 28.8 Å². The molecule has 0 bridgehead atoms. The highest BCUT2D eigenvalue weighted by atomic mass is 16.5. The van der Waals surface area contributed by atoms with Crippen LogP contribution >= 0.6 is 0 Å². The highest BCUT2D eigenvalue weighted by Crippen LogP contribution is 2.52. The maximum Gasteiger partial charge on any atom is 0.222 e. The summed E-state index contributed by atoms with van der Waals surface area (Å²) in [7, 11) is 0. The zero-order chi connectivity index (χ0) is 25.6. The molecule has 4 N–H and O–H groups in total. The van der Waals surface area contributed by atoms with Gasteiger partial charge in [-0.2, -0.15) is 10.4 Å². The van der Waals surface area contributed by atoms with Gasteiger partial charge in [0, 0.05) is 24.3 Å². The zero-order valence-corrected chi connectivity index (χ0v) is 20.7. The molecule has 36 heavy (non-hydrogen) atoms. The summed E-state index contributed by atoms with van der Waals surface area (Å²) in [6, 6.07) is 8.07. The first-order valence-corrected chi connectivity index (χ1v) is 12.0. The van der Waals surface area contributed by atoms with Crippen LogP contribution in [-0.4, -0.2) is 25.5 Å². The van der Waals surface area contributed by atoms with E-state index < -0.39 is 5.41 Å². The lowest BCUT2D eigenvalue weighted by Gasteiger charge is -2.41. The highest BCUT2D eigenvalue weighted by molar-refractivity contribution is 5.63. The van der Waals surface area contributed by atoms with Gasteiger partial charge in [0.15, 0.2) is 0 Å². The number of allylic oxidation sites excluding steroid dienone is 1. The molecule has 2 aliphatic rings. The van der Waals surface area contributed by atoms with Crippen LogP contribution in [0.5, 0.6) is 5.88 Å². The van der Waals surface area contributed by atoms with Crippen molar-refractivity contribution in [3.05, 3.63) is 69.4 Å². The molecule has 9 heteroatoms. The van der Waals surface area contributed by atoms with Crippen LogP contribution in [0, 0.1) is 48.9 Å². The molecule has 1 aromatic carbocycles. The fourth-order valence-corrected chi connectivity index (χ4v) is 5.45. The summed E-state index contributed by atoms with van der Waals surface area (Å²) in [5.41, 5.74) is 9.43. The summed E-state index contributed by atoms with van der Waals surface area (Å²) in [5.74, 6) is 8.75. The number of nitrogens with one attached hydrogen (secondary N) is 1. The van der Waals surface area contributed by atoms with Gasteiger partial charge in [0.25, 0.3) is 0 Å². The van der Waals surface area contributed by atoms with E-state index >= 15 is 0 Å². The van der Waals surface area contributed by atoms with Crippen molar-refractivity contribution in [2.45, 2.75) is 58.5 Å². The van der Waals surface area contributed by atoms with Gasteiger partial charge in [-0.3, -0.25) is 0 Å². The number of benzene rings is 1. The highest BCUT2D eigenvalue weighted by Gasteiger charge is 2.50. The Morgan fingerprint density at radius 1 is 1.25 bits per heavy atom. The van der Waals surface area contributed by atoms with Crippen LogP contribution in [0.3, 0.4) is 0 Å². The third kappa shape index (κ3) is 3.64. The largest absolute Gasteiger partial charge is 0.425 e. The molecule has 184 valence electrons. The molecule has 1 unspecified atom stereocenters. The molecular weight excluding hydrogens is 456 g/mol. The topological polar surface area (TPSA) is 147 Å². The number of H-pyrrole nitrogens is 1. The van der Waals surface area contributed by atoms with Gasteiger partial charge in [-0.05, 0) is 48.9 Å². The first kappa shape index (κ1) is 23.7. The number of nitrogens with two attached hydrogens (primary N) is 1. The molecule has 1 atom stereocenters. The lowest BCUT2D eigenvalue weighted by molar-refractivity contribution is 0.276. The minimum atomic E-state index is -0.914. The molecule has 3 aromatic rings. The number of nitriles is 1. The summed E-state index contributed by atoms with van der Waals surface area (Å²) in [6.07, 6.45) is 1.73. The molecule has 1 saturated carbocycles. The molecule has 0 saturated heterocycles. The molecule has 9 nitrogen and oxygen atoms in total. The normalized spacial score (nSPS) is 22.8. The van der Waals surface area contributed by atoms with E-state index in [1.165, 1.54) is 0 Å². The second-order valence-electron chi connectivity index (χ2n) is 9.80. The van der Waals surface area contributed by atoms with Crippen LogP contribution < -0.4 is 10.5 Å². The van der Waals surface area contributed by atoms with Crippen molar-refractivity contribution in [1.82, 2.24) is 20.4 Å². The van der Waals surface area contributed by atoms with Gasteiger partial charge in [0.2, 0.25) is 23.5 Å². The second kappa shape index (κ2) is 8.85. The lowest BCUT2D eigenvalue weighted by atomic mass is 9.61. The van der Waals surface area contributed by atoms with Crippen LogP contribution in [-0.2, 0) is 12.0 Å². The molecule has 5 rings (SSSR count). The summed E-state index contributed by atoms with van der Waals surface area (Å²) < 4.78 is 11.3. The SMILES string of the molecule is Cc1nnc([C@H]2C[C@@H](C#Cc3cc(CO)cc(C4(C(C)C)C(C#N)=C(N)Oc5[nH]nc(C)c54)c3)C2)o1. The number of rotatable bonds is 4. The summed E-state index contributed by atoms with van der Waals surface area (Å²) in [6.45, 7) is 7.58. The first-order valence-electron chi connectivity index (χ1n) is 12.0. The van der Waals surface area contributed by atoms with Gasteiger partial charge in [-0.15, -0.1) is 10.2 Å². The van der Waals surface area contributed by atoms with Crippen LogP contribution in [0.2, 0.25) is 0 Å². The van der Waals surface area contributed by atoms with Crippen molar-refractivity contribution in [3.63, 3.8) is 0 Å². The van der Waals surface area contributed by atoms with Crippen molar-refractivity contribution in [1.29, 1.82) is 5.26 Å². The Morgan fingerprint density at radius 2 is 2.03 bits per heavy atom. The number of aryl methyl sites for hydroxylation is 2. The van der Waals surface area contributed by atoms with Gasteiger partial charge in [-0.25, -0.2) is 5.10 Å². The van der Waals surface area contributed by atoms with Gasteiger partial charge >= 0.3 is 0 Å². The smallest absolute Gasteiger partial charge is 0.222 e. The van der Waals surface area contributed by atoms with Gasteiger partial charge < -0.3 is 20.0 Å². The number of fused-ring (bicyclic) bond motifs is 1. The van der Waals surface area contributed by atoms with Gasteiger partial charge in [0.05, 0.1) is 23.3 Å². The third-order valence-corrected chi connectivity index (χ3v) is 7.22. The Balaban J connectivity index is 1.56. The first-order chi connectivity index (χ1) is 17.3. The average molecular weight is 485 g/mol. The van der Waals surface area contributed by atoms with Crippen LogP contribution in [0.25, 0.3) is 0 Å². The number of hydrogen-bond donors (Lipinski definition) is 3. The number of ether oxygens (including phenoxy) is 1. The maximum absolute atomic E-state index is 10.2. The molecule has 0 amide bonds. The number of aromatic amines is 1. The lowest BCUT2D eigenvalue weighted by Crippen LogP contribution is -2.41. The van der Waals surface area contributed by atoms with E-state index in [0.717, 1.165) is 35.2 Å². The monoisotopic (exact) mass is 484 g/mol. The molecular formula is C27H28N6O3. The Kier molecular flexibility index (Phi) is 5.82. The zero-order valence-electron chi connectivity index (χ0n) is 20.7. The van der Waals surface area contributed by atoms with Crippen LogP contribution in [0.15, 0.2) is 34.1 Å². The van der Waals surface area contributed by atoms with E-state index in [9.17, 15) is 10.4 Å². The number of aromatic nitrogens is 4. The summed E-state index contributed by atoms with van der Waals surface area (Å²) >= 11 is 0. The minimum Gasteiger partial charge on any atom is -0.425 e. The standard InChI is InChI=1S/C27H28N6O3/c1-14(2)27(22(12-28)24(29)36-26-23(27)15(3)30-33-26)21-10-17(7-19(11-21)13-34)5-6-18-8-20(9-18)25-32-31-16(4)35-25/h7,10-11,14,18,20,34H,8-9,13,29H2,1-4H3,(H,30,33)/t18-,20+,27?. The molecule has 0 radical (unpaired) electrons. The van der Waals surface area contributed by atoms with E-state index in [-0.39, 0.29) is 30.2 Å². The van der Waals surface area contributed by atoms with E-state index in [2.05, 4.69) is 38.3 Å². The van der Waals surface area contributed by atoms with Crippen LogP contribution in [0.4, 0.5) is 0 Å². The van der Waals surface area contributed by atoms with Crippen molar-refractivity contribution < 1.29 is 14.3 Å². The number of nitrogens with zero attached hydrogens (tertiary/aromatic N) is 4. The van der Waals surface area contributed by atoms with E-state index in [1.54, 1.807) is 6.92 Å². The predicted octanol–water partition coefficient (Wildman–Crippen LogP) is 3.48. The maximum atomic E-state index is 10.2. The van der Waals surface area contributed by atoms with Gasteiger partial charge in [0.1, 0.15) is 11.6 Å². The quantitative estimate of drug-likeness (QED) is 0.477. The molecule has 1 aliphatic heterocycles. The summed E-state index contributed by atoms with van der Waals surface area (Å²) in [4.78, 5) is 0. The Labute approximate surface area is 209 Å². The summed E-state index contributed by atoms with van der Waals surface area (Å²) in [5, 5.41) is 35.6. The van der Waals surface area contributed by atoms with E-state index in [1.807, 2.05) is 39.0 Å². The second-order valence-corrected chi connectivity index (χ2v) is 9.80. The third-order valence-electron chi connectivity index (χ3n) is 7.22. The molecule has 2 aromatic heterocycles. The fraction of sp³-hybridized carbons (Fsp3) is 0.407. The number of aliphatic hydroxyl groups is 1. The van der Waals surface area contributed by atoms with Gasteiger partial charge in [-0.1, -0.05) is 31.8 Å². The Morgan fingerprint density at radius 3 is 2.67 bits per heavy atom.